The first-order valence-corrected chi connectivity index (χ1v) is 9.80. The second kappa shape index (κ2) is 9.20. The Morgan fingerprint density at radius 1 is 1.30 bits per heavy atom. The molecule has 0 unspecified atom stereocenters. The predicted molar refractivity (Wildman–Crippen MR) is 107 cm³/mol. The molecule has 1 amide bonds. The van der Waals surface area contributed by atoms with Crippen molar-refractivity contribution in [2.24, 2.45) is 0 Å². The number of carbonyl (C=O) groups excluding carboxylic acids is 1. The Bertz CT molecular complexity index is 771. The number of nitrogens with zero attached hydrogens (tertiary/aromatic N) is 2. The zero-order chi connectivity index (χ0) is 19.2. The number of benzene rings is 1. The summed E-state index contributed by atoms with van der Waals surface area (Å²) in [6, 6.07) is 9.96. The van der Waals surface area contributed by atoms with Gasteiger partial charge in [0.15, 0.2) is 0 Å². The fourth-order valence-corrected chi connectivity index (χ4v) is 3.44. The van der Waals surface area contributed by atoms with Crippen LogP contribution >= 0.6 is 11.6 Å². The van der Waals surface area contributed by atoms with Gasteiger partial charge in [-0.1, -0.05) is 23.7 Å². The van der Waals surface area contributed by atoms with Crippen molar-refractivity contribution in [3.05, 3.63) is 58.4 Å². The lowest BCUT2D eigenvalue weighted by Crippen LogP contribution is -2.44. The highest BCUT2D eigenvalue weighted by molar-refractivity contribution is 6.29. The first-order chi connectivity index (χ1) is 13.0. The van der Waals surface area contributed by atoms with Gasteiger partial charge in [0.05, 0.1) is 12.2 Å². The lowest BCUT2D eigenvalue weighted by molar-refractivity contribution is 0.0908. The molecule has 1 fully saturated rings. The van der Waals surface area contributed by atoms with Crippen LogP contribution in [-0.2, 0) is 6.54 Å². The zero-order valence-electron chi connectivity index (χ0n) is 15.9. The van der Waals surface area contributed by atoms with Crippen molar-refractivity contribution in [2.45, 2.75) is 39.3 Å². The summed E-state index contributed by atoms with van der Waals surface area (Å²) in [6.07, 6.45) is 3.40. The average Bonchev–Trinajstić information content (AvgIpc) is 2.67. The molecule has 27 heavy (non-hydrogen) atoms. The molecule has 144 valence electrons. The minimum atomic E-state index is -0.0856. The molecular weight excluding hydrogens is 362 g/mol. The van der Waals surface area contributed by atoms with Crippen LogP contribution in [0.25, 0.3) is 0 Å². The SMILES string of the molecule is CCOc1cc(CN2CCC(NC(=O)c3ccc(Cl)nc3)CC2)ccc1C. The van der Waals surface area contributed by atoms with Crippen LogP contribution in [0.15, 0.2) is 36.5 Å². The van der Waals surface area contributed by atoms with Crippen LogP contribution in [0, 0.1) is 6.92 Å². The van der Waals surface area contributed by atoms with Gasteiger partial charge in [0.2, 0.25) is 0 Å². The van der Waals surface area contributed by atoms with Crippen molar-refractivity contribution >= 4 is 17.5 Å². The van der Waals surface area contributed by atoms with Crippen LogP contribution in [0.5, 0.6) is 5.75 Å². The van der Waals surface area contributed by atoms with Gasteiger partial charge in [-0.2, -0.15) is 0 Å². The lowest BCUT2D eigenvalue weighted by atomic mass is 10.0. The van der Waals surface area contributed by atoms with Gasteiger partial charge in [-0.3, -0.25) is 9.69 Å². The van der Waals surface area contributed by atoms with E-state index in [0.29, 0.717) is 17.3 Å². The molecule has 5 nitrogen and oxygen atoms in total. The number of aromatic nitrogens is 1. The largest absolute Gasteiger partial charge is 0.494 e. The molecule has 0 spiro atoms. The fourth-order valence-electron chi connectivity index (χ4n) is 3.33. The summed E-state index contributed by atoms with van der Waals surface area (Å²) in [6.45, 7) is 7.58. The first kappa shape index (κ1) is 19.6. The van der Waals surface area contributed by atoms with Crippen molar-refractivity contribution in [3.8, 4) is 5.75 Å². The Hall–Kier alpha value is -2.11. The molecular formula is C21H26ClN3O2. The van der Waals surface area contributed by atoms with E-state index >= 15 is 0 Å². The van der Waals surface area contributed by atoms with Gasteiger partial charge < -0.3 is 10.1 Å². The third-order valence-corrected chi connectivity index (χ3v) is 5.09. The number of piperidine rings is 1. The van der Waals surface area contributed by atoms with E-state index in [9.17, 15) is 4.79 Å². The molecule has 0 saturated carbocycles. The van der Waals surface area contributed by atoms with Gasteiger partial charge in [-0.15, -0.1) is 0 Å². The van der Waals surface area contributed by atoms with E-state index in [1.165, 1.54) is 17.3 Å². The highest BCUT2D eigenvalue weighted by Crippen LogP contribution is 2.22. The number of nitrogens with one attached hydrogen (secondary N) is 1. The normalized spacial score (nSPS) is 15.5. The summed E-state index contributed by atoms with van der Waals surface area (Å²) in [7, 11) is 0. The van der Waals surface area contributed by atoms with Crippen LogP contribution in [0.2, 0.25) is 5.15 Å². The van der Waals surface area contributed by atoms with Crippen molar-refractivity contribution < 1.29 is 9.53 Å². The average molecular weight is 388 g/mol. The number of hydrogen-bond donors (Lipinski definition) is 1. The number of carbonyl (C=O) groups is 1. The summed E-state index contributed by atoms with van der Waals surface area (Å²) in [5, 5.41) is 3.50. The number of amides is 1. The van der Waals surface area contributed by atoms with E-state index in [4.69, 9.17) is 16.3 Å². The van der Waals surface area contributed by atoms with Crippen molar-refractivity contribution in [1.82, 2.24) is 15.2 Å². The quantitative estimate of drug-likeness (QED) is 0.765. The van der Waals surface area contributed by atoms with Crippen LogP contribution in [-0.4, -0.2) is 41.5 Å². The van der Waals surface area contributed by atoms with Gasteiger partial charge >= 0.3 is 0 Å². The van der Waals surface area contributed by atoms with E-state index < -0.39 is 0 Å². The van der Waals surface area contributed by atoms with Gasteiger partial charge in [0, 0.05) is 31.9 Å². The standard InChI is InChI=1S/C21H26ClN3O2/c1-3-27-19-12-16(5-4-15(19)2)14-25-10-8-18(9-11-25)24-21(26)17-6-7-20(22)23-13-17/h4-7,12-13,18H,3,8-11,14H2,1-2H3,(H,24,26). The molecule has 0 atom stereocenters. The second-order valence-corrected chi connectivity index (χ2v) is 7.31. The number of pyridine rings is 1. The highest BCUT2D eigenvalue weighted by atomic mass is 35.5. The number of hydrogen-bond acceptors (Lipinski definition) is 4. The summed E-state index contributed by atoms with van der Waals surface area (Å²) < 4.78 is 5.70. The minimum absolute atomic E-state index is 0.0856. The maximum absolute atomic E-state index is 12.3. The summed E-state index contributed by atoms with van der Waals surface area (Å²) in [4.78, 5) is 18.7. The summed E-state index contributed by atoms with van der Waals surface area (Å²) in [5.74, 6) is 0.881. The van der Waals surface area contributed by atoms with E-state index in [-0.39, 0.29) is 11.9 Å². The third kappa shape index (κ3) is 5.44. The molecule has 1 aromatic carbocycles. The minimum Gasteiger partial charge on any atom is -0.494 e. The maximum Gasteiger partial charge on any atom is 0.253 e. The molecule has 0 aliphatic carbocycles. The molecule has 2 aromatic rings. The Morgan fingerprint density at radius 2 is 2.07 bits per heavy atom. The molecule has 1 saturated heterocycles. The Balaban J connectivity index is 1.49. The second-order valence-electron chi connectivity index (χ2n) is 6.93. The number of likely N-dealkylation sites (tertiary alicyclic amines) is 1. The smallest absolute Gasteiger partial charge is 0.253 e. The van der Waals surface area contributed by atoms with Crippen molar-refractivity contribution in [2.75, 3.05) is 19.7 Å². The van der Waals surface area contributed by atoms with Crippen LogP contribution in [0.1, 0.15) is 41.3 Å². The van der Waals surface area contributed by atoms with Crippen molar-refractivity contribution in [3.63, 3.8) is 0 Å². The van der Waals surface area contributed by atoms with Gasteiger partial charge in [-0.05, 0) is 56.0 Å². The predicted octanol–water partition coefficient (Wildman–Crippen LogP) is 3.84. The van der Waals surface area contributed by atoms with E-state index in [2.05, 4.69) is 40.3 Å². The Labute approximate surface area is 165 Å². The molecule has 2 heterocycles. The van der Waals surface area contributed by atoms with E-state index in [1.807, 2.05) is 6.92 Å². The number of aryl methyl sites for hydroxylation is 1. The molecule has 1 aromatic heterocycles. The molecule has 1 aliphatic heterocycles. The third-order valence-electron chi connectivity index (χ3n) is 4.87. The van der Waals surface area contributed by atoms with E-state index in [1.54, 1.807) is 12.1 Å². The highest BCUT2D eigenvalue weighted by Gasteiger charge is 2.21. The molecule has 0 bridgehead atoms. The van der Waals surface area contributed by atoms with Crippen LogP contribution in [0.4, 0.5) is 0 Å². The van der Waals surface area contributed by atoms with Gasteiger partial charge in [0.25, 0.3) is 5.91 Å². The van der Waals surface area contributed by atoms with Crippen LogP contribution in [0.3, 0.4) is 0 Å². The van der Waals surface area contributed by atoms with Crippen molar-refractivity contribution in [1.29, 1.82) is 0 Å². The monoisotopic (exact) mass is 387 g/mol. The molecule has 6 heteroatoms. The molecule has 1 N–H and O–H groups in total. The molecule has 1 aliphatic rings. The first-order valence-electron chi connectivity index (χ1n) is 9.42. The molecule has 0 radical (unpaired) electrons. The summed E-state index contributed by atoms with van der Waals surface area (Å²) in [5.41, 5.74) is 2.97. The Kier molecular flexibility index (Phi) is 6.69. The number of halogens is 1. The zero-order valence-corrected chi connectivity index (χ0v) is 16.6. The molecule has 3 rings (SSSR count). The van der Waals surface area contributed by atoms with E-state index in [0.717, 1.165) is 38.2 Å². The maximum atomic E-state index is 12.3. The topological polar surface area (TPSA) is 54.5 Å². The van der Waals surface area contributed by atoms with Gasteiger partial charge in [-0.25, -0.2) is 4.98 Å². The number of ether oxygens (including phenoxy) is 1. The lowest BCUT2D eigenvalue weighted by Gasteiger charge is -2.32. The number of rotatable bonds is 6. The Morgan fingerprint density at radius 3 is 2.74 bits per heavy atom. The van der Waals surface area contributed by atoms with Crippen LogP contribution < -0.4 is 10.1 Å². The summed E-state index contributed by atoms with van der Waals surface area (Å²) >= 11 is 5.77. The van der Waals surface area contributed by atoms with Gasteiger partial charge in [0.1, 0.15) is 10.9 Å². The fraction of sp³-hybridized carbons (Fsp3) is 0.429.